The number of hydrogen-bond acceptors (Lipinski definition) is 3. The molecular formula is C19H18Cl2N2O. The van der Waals surface area contributed by atoms with E-state index in [2.05, 4.69) is 24.1 Å². The van der Waals surface area contributed by atoms with Crippen molar-refractivity contribution in [3.63, 3.8) is 0 Å². The Kier molecular flexibility index (Phi) is 4.15. The molecule has 2 heterocycles. The average molecular weight is 361 g/mol. The first-order valence-corrected chi connectivity index (χ1v) is 8.99. The highest BCUT2D eigenvalue weighted by atomic mass is 35.5. The van der Waals surface area contributed by atoms with Crippen molar-refractivity contribution in [2.24, 2.45) is 5.10 Å². The predicted molar refractivity (Wildman–Crippen MR) is 98.0 cm³/mol. The van der Waals surface area contributed by atoms with Crippen LogP contribution in [0.1, 0.15) is 43.4 Å². The summed E-state index contributed by atoms with van der Waals surface area (Å²) >= 11 is 12.6. The second kappa shape index (κ2) is 6.30. The lowest BCUT2D eigenvalue weighted by molar-refractivity contribution is -0.0222. The van der Waals surface area contributed by atoms with E-state index in [0.717, 1.165) is 41.9 Å². The molecule has 0 bridgehead atoms. The topological polar surface area (TPSA) is 24.8 Å². The van der Waals surface area contributed by atoms with Gasteiger partial charge in [-0.1, -0.05) is 66.9 Å². The summed E-state index contributed by atoms with van der Waals surface area (Å²) in [4.78, 5) is 0. The van der Waals surface area contributed by atoms with E-state index in [1.54, 1.807) is 6.07 Å². The van der Waals surface area contributed by atoms with E-state index < -0.39 is 0 Å². The molecule has 0 fully saturated rings. The van der Waals surface area contributed by atoms with Gasteiger partial charge in [0.05, 0.1) is 16.8 Å². The minimum Gasteiger partial charge on any atom is -0.467 e. The maximum absolute atomic E-state index is 6.39. The number of hydrazone groups is 1. The third-order valence-electron chi connectivity index (χ3n) is 4.53. The summed E-state index contributed by atoms with van der Waals surface area (Å²) in [6, 6.07) is 14.1. The largest absolute Gasteiger partial charge is 0.467 e. The Bertz CT molecular complexity index is 791. The maximum Gasteiger partial charge on any atom is 0.187 e. The SMILES string of the molecule is CCCC1Oc2c(Cl)cc(Cl)cc2C2CC(c3ccccc3)=NN12. The fourth-order valence-corrected chi connectivity index (χ4v) is 3.98. The van der Waals surface area contributed by atoms with E-state index in [-0.39, 0.29) is 12.3 Å². The normalized spacial score (nSPS) is 21.8. The van der Waals surface area contributed by atoms with Crippen LogP contribution in [0.4, 0.5) is 0 Å². The molecule has 24 heavy (non-hydrogen) atoms. The molecule has 0 N–H and O–H groups in total. The summed E-state index contributed by atoms with van der Waals surface area (Å²) in [6.45, 7) is 2.15. The summed E-state index contributed by atoms with van der Waals surface area (Å²) in [5.74, 6) is 0.755. The fourth-order valence-electron chi connectivity index (χ4n) is 3.43. The lowest BCUT2D eigenvalue weighted by atomic mass is 9.96. The summed E-state index contributed by atoms with van der Waals surface area (Å²) < 4.78 is 6.18. The van der Waals surface area contributed by atoms with Gasteiger partial charge in [0, 0.05) is 23.4 Å². The Hall–Kier alpha value is -1.71. The number of halogens is 2. The summed E-state index contributed by atoms with van der Waals surface area (Å²) in [5, 5.41) is 8.17. The maximum atomic E-state index is 6.39. The number of benzene rings is 2. The van der Waals surface area contributed by atoms with Crippen molar-refractivity contribution < 1.29 is 4.74 Å². The highest BCUT2D eigenvalue weighted by molar-refractivity contribution is 6.35. The lowest BCUT2D eigenvalue weighted by Crippen LogP contribution is -2.40. The van der Waals surface area contributed by atoms with Crippen LogP contribution in [0.15, 0.2) is 47.6 Å². The molecule has 124 valence electrons. The molecular weight excluding hydrogens is 343 g/mol. The predicted octanol–water partition coefficient (Wildman–Crippen LogP) is 5.66. The van der Waals surface area contributed by atoms with Crippen molar-refractivity contribution in [2.75, 3.05) is 0 Å². The van der Waals surface area contributed by atoms with Gasteiger partial charge in [0.1, 0.15) is 5.75 Å². The number of rotatable bonds is 3. The molecule has 2 atom stereocenters. The van der Waals surface area contributed by atoms with E-state index in [4.69, 9.17) is 33.0 Å². The van der Waals surface area contributed by atoms with Gasteiger partial charge < -0.3 is 4.74 Å². The zero-order chi connectivity index (χ0) is 16.7. The van der Waals surface area contributed by atoms with Crippen LogP contribution in [0.2, 0.25) is 10.0 Å². The molecule has 0 aliphatic carbocycles. The fraction of sp³-hybridized carbons (Fsp3) is 0.316. The van der Waals surface area contributed by atoms with Crippen LogP contribution in [-0.4, -0.2) is 16.9 Å². The molecule has 2 aliphatic rings. The Morgan fingerprint density at radius 2 is 2.00 bits per heavy atom. The van der Waals surface area contributed by atoms with Crippen LogP contribution in [0.3, 0.4) is 0 Å². The van der Waals surface area contributed by atoms with Gasteiger partial charge in [0.25, 0.3) is 0 Å². The van der Waals surface area contributed by atoms with Crippen LogP contribution < -0.4 is 4.74 Å². The van der Waals surface area contributed by atoms with Crippen molar-refractivity contribution in [2.45, 2.75) is 38.5 Å². The van der Waals surface area contributed by atoms with Gasteiger partial charge in [-0.25, -0.2) is 0 Å². The first-order valence-electron chi connectivity index (χ1n) is 8.24. The van der Waals surface area contributed by atoms with E-state index in [1.165, 1.54) is 0 Å². The van der Waals surface area contributed by atoms with Gasteiger partial charge in [0.15, 0.2) is 6.23 Å². The quantitative estimate of drug-likeness (QED) is 0.704. The highest BCUT2D eigenvalue weighted by Gasteiger charge is 2.40. The second-order valence-corrected chi connectivity index (χ2v) is 7.02. The molecule has 3 nitrogen and oxygen atoms in total. The van der Waals surface area contributed by atoms with Crippen LogP contribution in [-0.2, 0) is 0 Å². The first-order chi connectivity index (χ1) is 11.7. The molecule has 2 aliphatic heterocycles. The minimum absolute atomic E-state index is 0.0904. The molecule has 0 amide bonds. The van der Waals surface area contributed by atoms with Crippen LogP contribution in [0, 0.1) is 0 Å². The van der Waals surface area contributed by atoms with Crippen LogP contribution in [0.25, 0.3) is 0 Å². The molecule has 0 saturated carbocycles. The van der Waals surface area contributed by atoms with Crippen molar-refractivity contribution in [1.82, 2.24) is 5.01 Å². The Labute approximate surface area is 151 Å². The Morgan fingerprint density at radius 1 is 1.21 bits per heavy atom. The molecule has 0 saturated heterocycles. The Balaban J connectivity index is 1.77. The smallest absolute Gasteiger partial charge is 0.187 e. The molecule has 5 heteroatoms. The van der Waals surface area contributed by atoms with E-state index >= 15 is 0 Å². The van der Waals surface area contributed by atoms with Crippen molar-refractivity contribution in [3.05, 3.63) is 63.6 Å². The third-order valence-corrected chi connectivity index (χ3v) is 5.03. The van der Waals surface area contributed by atoms with Gasteiger partial charge in [-0.15, -0.1) is 0 Å². The van der Waals surface area contributed by atoms with E-state index in [9.17, 15) is 0 Å². The molecule has 0 spiro atoms. The van der Waals surface area contributed by atoms with Crippen molar-refractivity contribution in [1.29, 1.82) is 0 Å². The first kappa shape index (κ1) is 15.8. The zero-order valence-electron chi connectivity index (χ0n) is 13.4. The number of hydrogen-bond donors (Lipinski definition) is 0. The standard InChI is InChI=1S/C19H18Cl2N2O/c1-2-6-18-23-17(11-16(22-23)12-7-4-3-5-8-12)14-9-13(20)10-15(21)19(14)24-18/h3-5,7-10,17-18H,2,6,11H2,1H3. The number of nitrogens with zero attached hydrogens (tertiary/aromatic N) is 2. The van der Waals surface area contributed by atoms with Gasteiger partial charge in [-0.05, 0) is 17.7 Å². The van der Waals surface area contributed by atoms with Crippen LogP contribution >= 0.6 is 23.2 Å². The lowest BCUT2D eigenvalue weighted by Gasteiger charge is -2.38. The average Bonchev–Trinajstić information content (AvgIpc) is 3.03. The summed E-state index contributed by atoms with van der Waals surface area (Å²) in [6.07, 6.45) is 2.66. The van der Waals surface area contributed by atoms with Gasteiger partial charge in [-0.3, -0.25) is 5.01 Å². The van der Waals surface area contributed by atoms with E-state index in [0.29, 0.717) is 10.0 Å². The summed E-state index contributed by atoms with van der Waals surface area (Å²) in [5.41, 5.74) is 3.25. The minimum atomic E-state index is -0.0904. The van der Waals surface area contributed by atoms with Gasteiger partial charge in [0.2, 0.25) is 0 Å². The van der Waals surface area contributed by atoms with Gasteiger partial charge >= 0.3 is 0 Å². The van der Waals surface area contributed by atoms with Crippen LogP contribution in [0.5, 0.6) is 5.75 Å². The number of fused-ring (bicyclic) bond motifs is 3. The third kappa shape index (κ3) is 2.66. The van der Waals surface area contributed by atoms with Crippen molar-refractivity contribution >= 4 is 28.9 Å². The molecule has 4 rings (SSSR count). The molecule has 0 radical (unpaired) electrons. The van der Waals surface area contributed by atoms with Gasteiger partial charge in [-0.2, -0.15) is 5.10 Å². The second-order valence-electron chi connectivity index (χ2n) is 6.18. The number of ether oxygens (including phenoxy) is 1. The Morgan fingerprint density at radius 3 is 2.75 bits per heavy atom. The zero-order valence-corrected chi connectivity index (χ0v) is 14.9. The summed E-state index contributed by atoms with van der Waals surface area (Å²) in [7, 11) is 0. The molecule has 2 aromatic carbocycles. The monoisotopic (exact) mass is 360 g/mol. The van der Waals surface area contributed by atoms with E-state index in [1.807, 2.05) is 24.3 Å². The molecule has 2 unspecified atom stereocenters. The van der Waals surface area contributed by atoms with Crippen molar-refractivity contribution in [3.8, 4) is 5.75 Å². The molecule has 0 aromatic heterocycles. The highest BCUT2D eigenvalue weighted by Crippen LogP contribution is 2.47. The molecule has 2 aromatic rings.